The van der Waals surface area contributed by atoms with Crippen LogP contribution in [-0.2, 0) is 16.8 Å². The highest BCUT2D eigenvalue weighted by Gasteiger charge is 2.31. The van der Waals surface area contributed by atoms with E-state index in [0.717, 1.165) is 32.5 Å². The zero-order valence-electron chi connectivity index (χ0n) is 13.1. The number of benzene rings is 1. The largest absolute Gasteiger partial charge is 0.297 e. The highest BCUT2D eigenvalue weighted by molar-refractivity contribution is 7.86. The third kappa shape index (κ3) is 4.03. The van der Waals surface area contributed by atoms with E-state index >= 15 is 0 Å². The van der Waals surface area contributed by atoms with Crippen LogP contribution in [0.4, 0.5) is 0 Å². The Morgan fingerprint density at radius 1 is 1.19 bits per heavy atom. The highest BCUT2D eigenvalue weighted by atomic mass is 32.2. The van der Waals surface area contributed by atoms with Gasteiger partial charge in [-0.1, -0.05) is 30.3 Å². The molecular weight excluding hydrogens is 286 g/mol. The molecular formula is C15H25N3O2S. The smallest absolute Gasteiger partial charge is 0.281 e. The number of rotatable bonds is 5. The fourth-order valence-corrected chi connectivity index (χ4v) is 3.82. The maximum Gasteiger partial charge on any atom is 0.281 e. The van der Waals surface area contributed by atoms with E-state index in [0.29, 0.717) is 0 Å². The van der Waals surface area contributed by atoms with E-state index in [9.17, 15) is 8.42 Å². The van der Waals surface area contributed by atoms with Crippen molar-refractivity contribution in [2.24, 2.45) is 0 Å². The standard InChI is InChI=1S/C15H25N3O2S/c1-16(2)21(19,20)17(3)15-10-7-11-18(13-15)12-14-8-5-4-6-9-14/h4-6,8-9,15H,7,10-13H2,1-3H3. The lowest BCUT2D eigenvalue weighted by Crippen LogP contribution is -2.50. The monoisotopic (exact) mass is 311 g/mol. The lowest BCUT2D eigenvalue weighted by molar-refractivity contribution is 0.150. The molecule has 0 saturated carbocycles. The van der Waals surface area contributed by atoms with Gasteiger partial charge in [-0.05, 0) is 24.9 Å². The van der Waals surface area contributed by atoms with Gasteiger partial charge in [-0.3, -0.25) is 4.90 Å². The van der Waals surface area contributed by atoms with Crippen LogP contribution in [-0.4, -0.2) is 62.2 Å². The first-order valence-corrected chi connectivity index (χ1v) is 8.72. The summed E-state index contributed by atoms with van der Waals surface area (Å²) >= 11 is 0. The zero-order valence-corrected chi connectivity index (χ0v) is 13.9. The predicted molar refractivity (Wildman–Crippen MR) is 85.1 cm³/mol. The second-order valence-electron chi connectivity index (χ2n) is 5.82. The van der Waals surface area contributed by atoms with Gasteiger partial charge in [0.05, 0.1) is 0 Å². The van der Waals surface area contributed by atoms with Gasteiger partial charge < -0.3 is 0 Å². The maximum atomic E-state index is 12.2. The molecule has 6 heteroatoms. The van der Waals surface area contributed by atoms with E-state index in [4.69, 9.17) is 0 Å². The number of piperidine rings is 1. The summed E-state index contributed by atoms with van der Waals surface area (Å²) in [7, 11) is 1.51. The van der Waals surface area contributed by atoms with E-state index in [1.165, 1.54) is 14.2 Å². The van der Waals surface area contributed by atoms with Crippen molar-refractivity contribution in [2.75, 3.05) is 34.2 Å². The molecule has 0 amide bonds. The van der Waals surface area contributed by atoms with Crippen molar-refractivity contribution in [3.05, 3.63) is 35.9 Å². The molecule has 0 spiro atoms. The van der Waals surface area contributed by atoms with E-state index < -0.39 is 10.2 Å². The summed E-state index contributed by atoms with van der Waals surface area (Å²) in [5.74, 6) is 0. The minimum absolute atomic E-state index is 0.0508. The fraction of sp³-hybridized carbons (Fsp3) is 0.600. The van der Waals surface area contributed by atoms with Crippen LogP contribution in [0.2, 0.25) is 0 Å². The van der Waals surface area contributed by atoms with Crippen LogP contribution in [0.5, 0.6) is 0 Å². The number of hydrogen-bond acceptors (Lipinski definition) is 3. The summed E-state index contributed by atoms with van der Waals surface area (Å²) in [4.78, 5) is 2.34. The van der Waals surface area contributed by atoms with E-state index in [1.54, 1.807) is 21.1 Å². The fourth-order valence-electron chi connectivity index (χ4n) is 2.76. The van der Waals surface area contributed by atoms with Gasteiger partial charge in [0.15, 0.2) is 0 Å². The number of likely N-dealkylation sites (N-methyl/N-ethyl adjacent to an activating group) is 1. The van der Waals surface area contributed by atoms with Crippen LogP contribution in [0.25, 0.3) is 0 Å². The Morgan fingerprint density at radius 2 is 1.86 bits per heavy atom. The highest BCUT2D eigenvalue weighted by Crippen LogP contribution is 2.20. The van der Waals surface area contributed by atoms with Crippen molar-refractivity contribution in [1.29, 1.82) is 0 Å². The van der Waals surface area contributed by atoms with E-state index in [1.807, 2.05) is 18.2 Å². The van der Waals surface area contributed by atoms with Crippen molar-refractivity contribution in [3.63, 3.8) is 0 Å². The molecule has 0 aliphatic carbocycles. The molecule has 0 N–H and O–H groups in total. The van der Waals surface area contributed by atoms with Crippen molar-refractivity contribution in [1.82, 2.24) is 13.5 Å². The van der Waals surface area contributed by atoms with Crippen LogP contribution in [0.15, 0.2) is 30.3 Å². The molecule has 1 aliphatic rings. The maximum absolute atomic E-state index is 12.2. The number of likely N-dealkylation sites (tertiary alicyclic amines) is 1. The van der Waals surface area contributed by atoms with Gasteiger partial charge >= 0.3 is 0 Å². The number of nitrogens with zero attached hydrogens (tertiary/aromatic N) is 3. The predicted octanol–water partition coefficient (Wildman–Crippen LogP) is 1.39. The second kappa shape index (κ2) is 6.87. The van der Waals surface area contributed by atoms with Gasteiger partial charge in [0, 0.05) is 40.3 Å². The molecule has 1 aliphatic heterocycles. The van der Waals surface area contributed by atoms with Crippen LogP contribution < -0.4 is 0 Å². The van der Waals surface area contributed by atoms with Gasteiger partial charge in [-0.2, -0.15) is 17.0 Å². The number of hydrogen-bond donors (Lipinski definition) is 0. The van der Waals surface area contributed by atoms with Crippen molar-refractivity contribution in [2.45, 2.75) is 25.4 Å². The first kappa shape index (κ1) is 16.4. The Labute approximate surface area is 128 Å². The molecule has 2 rings (SSSR count). The van der Waals surface area contributed by atoms with Gasteiger partial charge in [-0.25, -0.2) is 0 Å². The molecule has 118 valence electrons. The van der Waals surface area contributed by atoms with E-state index in [-0.39, 0.29) is 6.04 Å². The van der Waals surface area contributed by atoms with Crippen LogP contribution >= 0.6 is 0 Å². The first-order valence-electron chi connectivity index (χ1n) is 7.33. The Kier molecular flexibility index (Phi) is 5.37. The SMILES string of the molecule is CN(C)S(=O)(=O)N(C)C1CCCN(Cc2ccccc2)C1. The molecule has 0 aromatic heterocycles. The topological polar surface area (TPSA) is 43.9 Å². The first-order chi connectivity index (χ1) is 9.91. The summed E-state index contributed by atoms with van der Waals surface area (Å²) in [5, 5.41) is 0. The summed E-state index contributed by atoms with van der Waals surface area (Å²) in [5.41, 5.74) is 1.27. The van der Waals surface area contributed by atoms with Gasteiger partial charge in [0.1, 0.15) is 0 Å². The minimum atomic E-state index is -3.33. The molecule has 1 atom stereocenters. The molecule has 0 bridgehead atoms. The Morgan fingerprint density at radius 3 is 2.48 bits per heavy atom. The quantitative estimate of drug-likeness (QED) is 0.825. The Bertz CT molecular complexity index is 545. The van der Waals surface area contributed by atoms with Crippen LogP contribution in [0.1, 0.15) is 18.4 Å². The molecule has 0 radical (unpaired) electrons. The molecule has 21 heavy (non-hydrogen) atoms. The molecule has 1 heterocycles. The van der Waals surface area contributed by atoms with E-state index in [2.05, 4.69) is 17.0 Å². The Balaban J connectivity index is 2.01. The van der Waals surface area contributed by atoms with Gasteiger partial charge in [-0.15, -0.1) is 0 Å². The zero-order chi connectivity index (χ0) is 15.5. The van der Waals surface area contributed by atoms with Gasteiger partial charge in [0.2, 0.25) is 0 Å². The lowest BCUT2D eigenvalue weighted by atomic mass is 10.1. The van der Waals surface area contributed by atoms with Crippen LogP contribution in [0, 0.1) is 0 Å². The average Bonchev–Trinajstić information content (AvgIpc) is 2.47. The normalized spacial score (nSPS) is 21.1. The molecule has 5 nitrogen and oxygen atoms in total. The summed E-state index contributed by atoms with van der Waals surface area (Å²) in [6, 6.07) is 10.4. The van der Waals surface area contributed by atoms with Crippen LogP contribution in [0.3, 0.4) is 0 Å². The second-order valence-corrected chi connectivity index (χ2v) is 8.03. The van der Waals surface area contributed by atoms with Crippen molar-refractivity contribution >= 4 is 10.2 Å². The molecule has 1 unspecified atom stereocenters. The molecule has 1 fully saturated rings. The summed E-state index contributed by atoms with van der Waals surface area (Å²) in [6.07, 6.45) is 1.96. The minimum Gasteiger partial charge on any atom is -0.297 e. The third-order valence-electron chi connectivity index (χ3n) is 4.07. The van der Waals surface area contributed by atoms with Crippen molar-refractivity contribution in [3.8, 4) is 0 Å². The lowest BCUT2D eigenvalue weighted by Gasteiger charge is -2.37. The summed E-state index contributed by atoms with van der Waals surface area (Å²) < 4.78 is 27.3. The summed E-state index contributed by atoms with van der Waals surface area (Å²) in [6.45, 7) is 2.70. The molecule has 1 aromatic carbocycles. The third-order valence-corrected chi connectivity index (χ3v) is 6.02. The molecule has 1 saturated heterocycles. The van der Waals surface area contributed by atoms with Gasteiger partial charge in [0.25, 0.3) is 10.2 Å². The molecule has 1 aromatic rings. The van der Waals surface area contributed by atoms with Crippen molar-refractivity contribution < 1.29 is 8.42 Å². The Hall–Kier alpha value is -0.950. The average molecular weight is 311 g/mol.